The lowest BCUT2D eigenvalue weighted by Gasteiger charge is -2.09. The van der Waals surface area contributed by atoms with Crippen LogP contribution in [0.2, 0.25) is 0 Å². The molecule has 0 saturated carbocycles. The number of carboxylic acids is 1. The highest BCUT2D eigenvalue weighted by Crippen LogP contribution is 2.16. The minimum atomic E-state index is -0.665. The zero-order valence-corrected chi connectivity index (χ0v) is 12.9. The molecule has 0 saturated heterocycles. The smallest absolute Gasteiger partial charge is 0.303 e. The second-order valence-corrected chi connectivity index (χ2v) is 5.64. The van der Waals surface area contributed by atoms with Crippen LogP contribution < -0.4 is 0 Å². The van der Waals surface area contributed by atoms with Crippen molar-refractivity contribution < 1.29 is 9.90 Å². The van der Waals surface area contributed by atoms with Crippen LogP contribution in [0.1, 0.15) is 84.5 Å². The lowest BCUT2D eigenvalue weighted by molar-refractivity contribution is -0.137. The maximum atomic E-state index is 10.4. The van der Waals surface area contributed by atoms with E-state index in [9.17, 15) is 4.79 Å². The molecule has 1 atom stereocenters. The molecule has 0 bridgehead atoms. The van der Waals surface area contributed by atoms with E-state index in [1.54, 1.807) is 0 Å². The van der Waals surface area contributed by atoms with Crippen LogP contribution in [0.4, 0.5) is 0 Å². The van der Waals surface area contributed by atoms with E-state index in [-0.39, 0.29) is 0 Å². The molecule has 0 fully saturated rings. The molecule has 0 aromatic heterocycles. The molecule has 0 radical (unpaired) electrons. The molecule has 0 spiro atoms. The maximum Gasteiger partial charge on any atom is 0.303 e. The van der Waals surface area contributed by atoms with Crippen LogP contribution in [0.3, 0.4) is 0 Å². The highest BCUT2D eigenvalue weighted by Gasteiger charge is 2.03. The summed E-state index contributed by atoms with van der Waals surface area (Å²) in [5.74, 6) is 0.0153. The zero-order valence-electron chi connectivity index (χ0n) is 12.9. The topological polar surface area (TPSA) is 37.3 Å². The summed E-state index contributed by atoms with van der Waals surface area (Å²) in [6.45, 7) is 4.47. The minimum Gasteiger partial charge on any atom is -0.481 e. The van der Waals surface area contributed by atoms with Crippen LogP contribution in [-0.2, 0) is 4.79 Å². The predicted molar refractivity (Wildman–Crippen MR) is 82.4 cm³/mol. The van der Waals surface area contributed by atoms with Gasteiger partial charge >= 0.3 is 5.97 Å². The van der Waals surface area contributed by atoms with Crippen molar-refractivity contribution in [2.24, 2.45) is 5.92 Å². The standard InChI is InChI=1S/C17H32O2/c1-3-4-5-6-7-8-9-10-11-13-16(2)14-12-15-17(18)19/h6-7,16H,3-5,8-15H2,1-2H3,(H,18,19). The van der Waals surface area contributed by atoms with E-state index >= 15 is 0 Å². The fourth-order valence-electron chi connectivity index (χ4n) is 2.24. The molecule has 1 unspecified atom stereocenters. The van der Waals surface area contributed by atoms with E-state index < -0.39 is 5.97 Å². The summed E-state index contributed by atoms with van der Waals surface area (Å²) < 4.78 is 0. The molecule has 0 aromatic carbocycles. The van der Waals surface area contributed by atoms with Crippen LogP contribution in [0.15, 0.2) is 12.2 Å². The first-order valence-corrected chi connectivity index (χ1v) is 8.03. The Morgan fingerprint density at radius 1 is 1.00 bits per heavy atom. The quantitative estimate of drug-likeness (QED) is 0.350. The number of hydrogen-bond donors (Lipinski definition) is 1. The highest BCUT2D eigenvalue weighted by molar-refractivity contribution is 5.66. The van der Waals surface area contributed by atoms with Crippen molar-refractivity contribution in [2.75, 3.05) is 0 Å². The summed E-state index contributed by atoms with van der Waals surface area (Å²) in [7, 11) is 0. The average Bonchev–Trinajstić information content (AvgIpc) is 2.36. The van der Waals surface area contributed by atoms with Gasteiger partial charge in [0.15, 0.2) is 0 Å². The normalized spacial score (nSPS) is 12.9. The number of carboxylic acid groups (broad SMARTS) is 1. The molecule has 0 heterocycles. The van der Waals surface area contributed by atoms with Gasteiger partial charge in [0.05, 0.1) is 0 Å². The first-order chi connectivity index (χ1) is 9.16. The van der Waals surface area contributed by atoms with E-state index in [0.717, 1.165) is 12.8 Å². The van der Waals surface area contributed by atoms with Crippen LogP contribution >= 0.6 is 0 Å². The first kappa shape index (κ1) is 18.2. The number of unbranched alkanes of at least 4 members (excludes halogenated alkanes) is 5. The van der Waals surface area contributed by atoms with Crippen LogP contribution in [-0.4, -0.2) is 11.1 Å². The third kappa shape index (κ3) is 15.2. The average molecular weight is 268 g/mol. The molecule has 2 heteroatoms. The summed E-state index contributed by atoms with van der Waals surface area (Å²) in [4.78, 5) is 10.4. The molecule has 0 aliphatic carbocycles. The van der Waals surface area contributed by atoms with Gasteiger partial charge < -0.3 is 5.11 Å². The van der Waals surface area contributed by atoms with Crippen LogP contribution in [0, 0.1) is 5.92 Å². The van der Waals surface area contributed by atoms with Gasteiger partial charge in [0.2, 0.25) is 0 Å². The molecule has 0 aromatic rings. The lowest BCUT2D eigenvalue weighted by atomic mass is 9.97. The Balaban J connectivity index is 3.24. The van der Waals surface area contributed by atoms with Gasteiger partial charge in [0.25, 0.3) is 0 Å². The Labute approximate surface area is 119 Å². The van der Waals surface area contributed by atoms with Gasteiger partial charge in [-0.2, -0.15) is 0 Å². The Bertz CT molecular complexity index is 233. The van der Waals surface area contributed by atoms with Gasteiger partial charge in [-0.1, -0.05) is 64.5 Å². The Morgan fingerprint density at radius 2 is 1.63 bits per heavy atom. The summed E-state index contributed by atoms with van der Waals surface area (Å²) in [5, 5.41) is 8.57. The molecule has 0 aliphatic rings. The fraction of sp³-hybridized carbons (Fsp3) is 0.824. The molecule has 0 aliphatic heterocycles. The maximum absolute atomic E-state index is 10.4. The summed E-state index contributed by atoms with van der Waals surface area (Å²) >= 11 is 0. The molecule has 19 heavy (non-hydrogen) atoms. The van der Waals surface area contributed by atoms with Crippen molar-refractivity contribution in [1.82, 2.24) is 0 Å². The van der Waals surface area contributed by atoms with Crippen molar-refractivity contribution in [2.45, 2.75) is 84.5 Å². The highest BCUT2D eigenvalue weighted by atomic mass is 16.4. The first-order valence-electron chi connectivity index (χ1n) is 8.03. The van der Waals surface area contributed by atoms with Crippen molar-refractivity contribution in [3.63, 3.8) is 0 Å². The number of carbonyl (C=O) groups is 1. The lowest BCUT2D eigenvalue weighted by Crippen LogP contribution is -1.99. The molecular formula is C17H32O2. The third-order valence-electron chi connectivity index (χ3n) is 3.55. The Hall–Kier alpha value is -0.790. The van der Waals surface area contributed by atoms with Crippen molar-refractivity contribution in [3.05, 3.63) is 12.2 Å². The van der Waals surface area contributed by atoms with Crippen molar-refractivity contribution in [3.8, 4) is 0 Å². The van der Waals surface area contributed by atoms with Gasteiger partial charge in [-0.05, 0) is 31.6 Å². The van der Waals surface area contributed by atoms with Gasteiger partial charge in [-0.3, -0.25) is 4.79 Å². The molecule has 0 rings (SSSR count). The van der Waals surface area contributed by atoms with E-state index in [1.165, 1.54) is 51.4 Å². The molecule has 1 N–H and O–H groups in total. The zero-order chi connectivity index (χ0) is 14.3. The van der Waals surface area contributed by atoms with Crippen molar-refractivity contribution in [1.29, 1.82) is 0 Å². The van der Waals surface area contributed by atoms with Gasteiger partial charge in [-0.15, -0.1) is 0 Å². The van der Waals surface area contributed by atoms with E-state index in [2.05, 4.69) is 26.0 Å². The summed E-state index contributed by atoms with van der Waals surface area (Å²) in [6, 6.07) is 0. The largest absolute Gasteiger partial charge is 0.481 e. The summed E-state index contributed by atoms with van der Waals surface area (Å²) in [5.41, 5.74) is 0. The third-order valence-corrected chi connectivity index (χ3v) is 3.55. The molecule has 0 amide bonds. The predicted octanol–water partition coefficient (Wildman–Crippen LogP) is 5.57. The number of rotatable bonds is 13. The Morgan fingerprint density at radius 3 is 2.26 bits per heavy atom. The molecule has 112 valence electrons. The monoisotopic (exact) mass is 268 g/mol. The molecular weight excluding hydrogens is 236 g/mol. The second kappa shape index (κ2) is 13.6. The number of hydrogen-bond acceptors (Lipinski definition) is 1. The van der Waals surface area contributed by atoms with Gasteiger partial charge in [0, 0.05) is 6.42 Å². The summed E-state index contributed by atoms with van der Waals surface area (Å²) in [6.07, 6.45) is 17.0. The van der Waals surface area contributed by atoms with Gasteiger partial charge in [-0.25, -0.2) is 0 Å². The second-order valence-electron chi connectivity index (χ2n) is 5.64. The SMILES string of the molecule is CCCCC=CCCCCCC(C)CCCC(=O)O. The van der Waals surface area contributed by atoms with Gasteiger partial charge in [0.1, 0.15) is 0 Å². The van der Waals surface area contributed by atoms with Crippen molar-refractivity contribution >= 4 is 5.97 Å². The van der Waals surface area contributed by atoms with E-state index in [0.29, 0.717) is 12.3 Å². The number of allylic oxidation sites excluding steroid dienone is 2. The van der Waals surface area contributed by atoms with Crippen LogP contribution in [0.25, 0.3) is 0 Å². The van der Waals surface area contributed by atoms with E-state index in [1.807, 2.05) is 0 Å². The molecule has 2 nitrogen and oxygen atoms in total. The fourth-order valence-corrected chi connectivity index (χ4v) is 2.24. The minimum absolute atomic E-state index is 0.326. The van der Waals surface area contributed by atoms with E-state index in [4.69, 9.17) is 5.11 Å². The number of aliphatic carboxylic acids is 1. The Kier molecular flexibility index (Phi) is 13.1. The van der Waals surface area contributed by atoms with Crippen LogP contribution in [0.5, 0.6) is 0 Å².